The lowest BCUT2D eigenvalue weighted by Crippen LogP contribution is -2.59. The maximum Gasteiger partial charge on any atom is 0.178 e. The van der Waals surface area contributed by atoms with E-state index in [1.54, 1.807) is 12.1 Å². The summed E-state index contributed by atoms with van der Waals surface area (Å²) in [7, 11) is -3.25. The van der Waals surface area contributed by atoms with Crippen LogP contribution in [0.5, 0.6) is 0 Å². The van der Waals surface area contributed by atoms with E-state index in [1.165, 1.54) is 44.9 Å². The number of aliphatic hydroxyl groups excluding tert-OH is 1. The van der Waals surface area contributed by atoms with Crippen molar-refractivity contribution >= 4 is 9.84 Å². The maximum atomic E-state index is 13.2. The number of hydrogen-bond donors (Lipinski definition) is 1. The Morgan fingerprint density at radius 2 is 1.52 bits per heavy atom. The molecule has 9 atom stereocenters. The van der Waals surface area contributed by atoms with E-state index in [-0.39, 0.29) is 23.2 Å². The smallest absolute Gasteiger partial charge is 0.178 e. The van der Waals surface area contributed by atoms with Crippen LogP contribution < -0.4 is 0 Å². The Bertz CT molecular complexity index is 974. The number of benzene rings is 1. The summed E-state index contributed by atoms with van der Waals surface area (Å²) in [6.45, 7) is 9.87. The second-order valence-electron chi connectivity index (χ2n) is 13.1. The lowest BCUT2D eigenvalue weighted by molar-refractivity contribution is -0.175. The van der Waals surface area contributed by atoms with Crippen molar-refractivity contribution in [2.75, 3.05) is 5.75 Å². The first-order chi connectivity index (χ1) is 15.5. The van der Waals surface area contributed by atoms with Gasteiger partial charge in [0.05, 0.1) is 16.8 Å². The molecule has 33 heavy (non-hydrogen) atoms. The van der Waals surface area contributed by atoms with Gasteiger partial charge in [0, 0.05) is 0 Å². The van der Waals surface area contributed by atoms with E-state index in [4.69, 9.17) is 0 Å². The van der Waals surface area contributed by atoms with E-state index in [2.05, 4.69) is 27.7 Å². The zero-order valence-corrected chi connectivity index (χ0v) is 21.9. The molecule has 0 aromatic heterocycles. The SMILES string of the molecule is C[C@H](CS(=O)(=O)c1ccccc1)[C@H]1CCC2[C@]3(C)CCC4C[C@@H](O)CC[C@]4(C)[C@H]3CC[C@@]21C. The molecular weight excluding hydrogens is 428 g/mol. The Balaban J connectivity index is 1.38. The van der Waals surface area contributed by atoms with Gasteiger partial charge in [-0.2, -0.15) is 0 Å². The van der Waals surface area contributed by atoms with Gasteiger partial charge in [-0.1, -0.05) is 45.9 Å². The maximum absolute atomic E-state index is 13.2. The second-order valence-corrected chi connectivity index (χ2v) is 15.1. The van der Waals surface area contributed by atoms with Crippen LogP contribution in [0.4, 0.5) is 0 Å². The number of aliphatic hydroxyl groups is 1. The summed E-state index contributed by atoms with van der Waals surface area (Å²) in [6, 6.07) is 9.02. The van der Waals surface area contributed by atoms with Crippen molar-refractivity contribution in [1.82, 2.24) is 0 Å². The summed E-state index contributed by atoms with van der Waals surface area (Å²) in [5.74, 6) is 3.05. The van der Waals surface area contributed by atoms with Gasteiger partial charge in [0.25, 0.3) is 0 Å². The van der Waals surface area contributed by atoms with E-state index >= 15 is 0 Å². The minimum absolute atomic E-state index is 0.0930. The molecule has 5 rings (SSSR count). The molecule has 3 nitrogen and oxygen atoms in total. The van der Waals surface area contributed by atoms with E-state index in [9.17, 15) is 13.5 Å². The van der Waals surface area contributed by atoms with Gasteiger partial charge in [-0.3, -0.25) is 0 Å². The molecule has 4 heteroatoms. The van der Waals surface area contributed by atoms with Gasteiger partial charge < -0.3 is 5.11 Å². The first kappa shape index (κ1) is 23.9. The first-order valence-corrected chi connectivity index (χ1v) is 15.1. The standard InChI is InChI=1S/C29H44O3S/c1-20(19-33(31,32)23-8-6-5-7-9-23)24-10-11-25-28(24,3)17-14-26-27(2)16-13-22(30)18-21(27)12-15-29(25,26)4/h5-9,20-22,24-26,30H,10-19H2,1-4H3/t20-,21?,22+,24-,25?,26-,27+,28-,29+/m1/s1. The third kappa shape index (κ3) is 3.64. The number of sulfone groups is 1. The molecule has 0 radical (unpaired) electrons. The Labute approximate surface area is 201 Å². The fourth-order valence-corrected chi connectivity index (χ4v) is 11.8. The predicted molar refractivity (Wildman–Crippen MR) is 133 cm³/mol. The largest absolute Gasteiger partial charge is 0.393 e. The molecule has 184 valence electrons. The van der Waals surface area contributed by atoms with Crippen LogP contribution in [-0.2, 0) is 9.84 Å². The Hall–Kier alpha value is -0.870. The molecule has 1 aromatic rings. The van der Waals surface area contributed by atoms with Gasteiger partial charge >= 0.3 is 0 Å². The number of rotatable bonds is 4. The highest BCUT2D eigenvalue weighted by Gasteiger charge is 2.65. The first-order valence-electron chi connectivity index (χ1n) is 13.5. The zero-order chi connectivity index (χ0) is 23.6. The Morgan fingerprint density at radius 3 is 2.24 bits per heavy atom. The third-order valence-electron chi connectivity index (χ3n) is 11.6. The Morgan fingerprint density at radius 1 is 0.879 bits per heavy atom. The van der Waals surface area contributed by atoms with Crippen LogP contribution in [0.25, 0.3) is 0 Å². The molecule has 1 N–H and O–H groups in total. The summed E-state index contributed by atoms with van der Waals surface area (Å²) in [5, 5.41) is 10.3. The lowest BCUT2D eigenvalue weighted by Gasteiger charge is -2.66. The van der Waals surface area contributed by atoms with Crippen LogP contribution >= 0.6 is 0 Å². The summed E-state index contributed by atoms with van der Waals surface area (Å²) in [6.07, 6.45) is 10.6. The van der Waals surface area contributed by atoms with Crippen LogP contribution in [-0.4, -0.2) is 25.4 Å². The fourth-order valence-electron chi connectivity index (χ4n) is 10.1. The summed E-state index contributed by atoms with van der Waals surface area (Å²) in [5.41, 5.74) is 0.968. The molecule has 4 aliphatic carbocycles. The van der Waals surface area contributed by atoms with Crippen LogP contribution in [0.1, 0.15) is 85.5 Å². The zero-order valence-electron chi connectivity index (χ0n) is 21.1. The van der Waals surface area contributed by atoms with Gasteiger partial charge in [0.15, 0.2) is 9.84 Å². The van der Waals surface area contributed by atoms with Crippen molar-refractivity contribution in [2.24, 2.45) is 45.8 Å². The van der Waals surface area contributed by atoms with Gasteiger partial charge in [-0.25, -0.2) is 8.42 Å². The monoisotopic (exact) mass is 472 g/mol. The molecular formula is C29H44O3S. The van der Waals surface area contributed by atoms with Crippen LogP contribution in [0.15, 0.2) is 35.2 Å². The van der Waals surface area contributed by atoms with Crippen molar-refractivity contribution in [2.45, 2.75) is 96.5 Å². The van der Waals surface area contributed by atoms with Crippen molar-refractivity contribution in [3.63, 3.8) is 0 Å². The van der Waals surface area contributed by atoms with Crippen LogP contribution in [0.3, 0.4) is 0 Å². The molecule has 0 spiro atoms. The lowest BCUT2D eigenvalue weighted by atomic mass is 9.39. The molecule has 1 aromatic carbocycles. The topological polar surface area (TPSA) is 54.4 Å². The highest BCUT2D eigenvalue weighted by Crippen LogP contribution is 2.72. The van der Waals surface area contributed by atoms with Crippen LogP contribution in [0, 0.1) is 45.8 Å². The van der Waals surface area contributed by atoms with E-state index in [0.29, 0.717) is 33.5 Å². The normalized spacial score (nSPS) is 46.2. The molecule has 0 heterocycles. The van der Waals surface area contributed by atoms with E-state index in [1.807, 2.05) is 18.2 Å². The van der Waals surface area contributed by atoms with E-state index < -0.39 is 9.84 Å². The number of fused-ring (bicyclic) bond motifs is 5. The van der Waals surface area contributed by atoms with Crippen molar-refractivity contribution in [1.29, 1.82) is 0 Å². The minimum atomic E-state index is -3.25. The predicted octanol–water partition coefficient (Wildman–Crippen LogP) is 6.51. The summed E-state index contributed by atoms with van der Waals surface area (Å²) < 4.78 is 26.3. The third-order valence-corrected chi connectivity index (χ3v) is 13.5. The molecule has 0 bridgehead atoms. The number of hydrogen-bond acceptors (Lipinski definition) is 3. The molecule has 0 aliphatic heterocycles. The van der Waals surface area contributed by atoms with Crippen LogP contribution in [0.2, 0.25) is 0 Å². The minimum Gasteiger partial charge on any atom is -0.393 e. The highest BCUT2D eigenvalue weighted by molar-refractivity contribution is 7.91. The Kier molecular flexibility index (Phi) is 5.84. The second kappa shape index (κ2) is 8.08. The van der Waals surface area contributed by atoms with Crippen molar-refractivity contribution in [3.05, 3.63) is 30.3 Å². The van der Waals surface area contributed by atoms with Gasteiger partial charge in [-0.15, -0.1) is 0 Å². The highest BCUT2D eigenvalue weighted by atomic mass is 32.2. The average Bonchev–Trinajstić information content (AvgIpc) is 3.13. The van der Waals surface area contributed by atoms with Gasteiger partial charge in [0.2, 0.25) is 0 Å². The molecule has 0 amide bonds. The molecule has 4 saturated carbocycles. The van der Waals surface area contributed by atoms with Gasteiger partial charge in [0.1, 0.15) is 0 Å². The fraction of sp³-hybridized carbons (Fsp3) is 0.793. The van der Waals surface area contributed by atoms with E-state index in [0.717, 1.165) is 18.8 Å². The van der Waals surface area contributed by atoms with Crippen molar-refractivity contribution in [3.8, 4) is 0 Å². The molecule has 4 fully saturated rings. The molecule has 2 unspecified atom stereocenters. The molecule has 0 saturated heterocycles. The average molecular weight is 473 g/mol. The quantitative estimate of drug-likeness (QED) is 0.544. The summed E-state index contributed by atoms with van der Waals surface area (Å²) in [4.78, 5) is 0.470. The van der Waals surface area contributed by atoms with Crippen molar-refractivity contribution < 1.29 is 13.5 Å². The van der Waals surface area contributed by atoms with Gasteiger partial charge in [-0.05, 0) is 116 Å². The summed E-state index contributed by atoms with van der Waals surface area (Å²) >= 11 is 0. The molecule has 4 aliphatic rings.